The number of halogens is 1. The summed E-state index contributed by atoms with van der Waals surface area (Å²) in [6.45, 7) is -0.808. The molecule has 41 heavy (non-hydrogen) atoms. The quantitative estimate of drug-likeness (QED) is 0.133. The zero-order chi connectivity index (χ0) is 29.5. The third-order valence-electron chi connectivity index (χ3n) is 6.33. The molecule has 2 aromatic rings. The van der Waals surface area contributed by atoms with Crippen molar-refractivity contribution < 1.29 is 14.4 Å². The van der Waals surface area contributed by atoms with Crippen molar-refractivity contribution >= 4 is 58.6 Å². The second-order valence-corrected chi connectivity index (χ2v) is 9.40. The summed E-state index contributed by atoms with van der Waals surface area (Å²) < 4.78 is 0. The summed E-state index contributed by atoms with van der Waals surface area (Å²) in [5, 5.41) is 25.5. The van der Waals surface area contributed by atoms with E-state index < -0.39 is 36.9 Å². The van der Waals surface area contributed by atoms with Crippen molar-refractivity contribution in [1.29, 1.82) is 16.3 Å². The van der Waals surface area contributed by atoms with Crippen LogP contribution in [0.1, 0.15) is 5.56 Å². The van der Waals surface area contributed by atoms with Gasteiger partial charge in [0.05, 0.1) is 17.1 Å². The first kappa shape index (κ1) is 28.8. The van der Waals surface area contributed by atoms with Crippen LogP contribution in [0.3, 0.4) is 0 Å². The molecular formula is C27H27ClN10O3. The summed E-state index contributed by atoms with van der Waals surface area (Å²) in [7, 11) is 1.67. The summed E-state index contributed by atoms with van der Waals surface area (Å²) in [5.74, 6) is -1.33. The molecule has 14 heteroatoms. The molecule has 1 saturated heterocycles. The van der Waals surface area contributed by atoms with Gasteiger partial charge in [0.15, 0.2) is 0 Å². The Labute approximate surface area is 240 Å². The van der Waals surface area contributed by atoms with Gasteiger partial charge in [-0.1, -0.05) is 47.2 Å². The summed E-state index contributed by atoms with van der Waals surface area (Å²) in [6, 6.07) is 12.5. The smallest absolute Gasteiger partial charge is 0.248 e. The second-order valence-electron chi connectivity index (χ2n) is 8.97. The van der Waals surface area contributed by atoms with E-state index in [1.807, 2.05) is 30.3 Å². The van der Waals surface area contributed by atoms with Crippen molar-refractivity contribution in [3.8, 4) is 0 Å². The number of anilines is 2. The Kier molecular flexibility index (Phi) is 8.99. The van der Waals surface area contributed by atoms with E-state index in [9.17, 15) is 14.4 Å². The molecule has 0 aromatic heterocycles. The predicted molar refractivity (Wildman–Crippen MR) is 155 cm³/mol. The fourth-order valence-electron chi connectivity index (χ4n) is 4.38. The Morgan fingerprint density at radius 3 is 2.61 bits per heavy atom. The molecular weight excluding hydrogens is 548 g/mol. The van der Waals surface area contributed by atoms with Gasteiger partial charge in [-0.3, -0.25) is 30.1 Å². The first-order chi connectivity index (χ1) is 19.7. The van der Waals surface area contributed by atoms with Gasteiger partial charge >= 0.3 is 0 Å². The van der Waals surface area contributed by atoms with Crippen LogP contribution < -0.4 is 20.5 Å². The molecule has 1 fully saturated rings. The van der Waals surface area contributed by atoms with Gasteiger partial charge in [0.2, 0.25) is 17.7 Å². The molecule has 2 aromatic carbocycles. The summed E-state index contributed by atoms with van der Waals surface area (Å²) >= 11 is 6.18. The maximum atomic E-state index is 13.6. The van der Waals surface area contributed by atoms with Crippen LogP contribution in [0, 0.1) is 16.3 Å². The van der Waals surface area contributed by atoms with Crippen molar-refractivity contribution in [2.75, 3.05) is 30.0 Å². The Morgan fingerprint density at radius 1 is 1.17 bits per heavy atom. The zero-order valence-corrected chi connectivity index (χ0v) is 22.7. The van der Waals surface area contributed by atoms with Gasteiger partial charge in [0.1, 0.15) is 37.0 Å². The number of amides is 3. The Bertz CT molecular complexity index is 1480. The third kappa shape index (κ3) is 6.53. The highest BCUT2D eigenvalue weighted by molar-refractivity contribution is 6.31. The largest absolute Gasteiger partial charge is 0.392 e. The molecule has 210 valence electrons. The molecule has 2 aliphatic heterocycles. The lowest BCUT2D eigenvalue weighted by Gasteiger charge is -2.38. The van der Waals surface area contributed by atoms with E-state index >= 15 is 0 Å². The first-order valence-corrected chi connectivity index (χ1v) is 12.8. The Balaban J connectivity index is 1.63. The van der Waals surface area contributed by atoms with Crippen LogP contribution in [0.5, 0.6) is 0 Å². The van der Waals surface area contributed by atoms with E-state index in [0.29, 0.717) is 5.70 Å². The van der Waals surface area contributed by atoms with Crippen LogP contribution in [0.25, 0.3) is 0 Å². The fourth-order valence-corrected chi connectivity index (χ4v) is 4.54. The molecule has 0 radical (unpaired) electrons. The van der Waals surface area contributed by atoms with E-state index in [4.69, 9.17) is 28.0 Å². The third-order valence-corrected chi connectivity index (χ3v) is 6.57. The SMILES string of the molecule is CN/C=C1/N=C(NC(=O)C(Cc2ccccc2)N2CC(=O)N(c3cc(Cl)ccc3N(C=N)N=N)CC2=O)C=CC1=N. The lowest BCUT2D eigenvalue weighted by Crippen LogP contribution is -2.61. The lowest BCUT2D eigenvalue weighted by molar-refractivity contribution is -0.144. The molecule has 1 atom stereocenters. The minimum absolute atomic E-state index is 0.138. The topological polar surface area (TPSA) is 181 Å². The van der Waals surface area contributed by atoms with Gasteiger partial charge in [-0.2, -0.15) is 5.53 Å². The van der Waals surface area contributed by atoms with Crippen molar-refractivity contribution in [1.82, 2.24) is 15.5 Å². The number of carbonyl (C=O) groups excluding carboxylic acids is 3. The predicted octanol–water partition coefficient (Wildman–Crippen LogP) is 2.65. The van der Waals surface area contributed by atoms with Crippen molar-refractivity contribution in [3.05, 3.63) is 83.2 Å². The number of benzene rings is 2. The molecule has 3 amide bonds. The second kappa shape index (κ2) is 12.8. The highest BCUT2D eigenvalue weighted by Gasteiger charge is 2.39. The maximum Gasteiger partial charge on any atom is 0.248 e. The molecule has 0 spiro atoms. The van der Waals surface area contributed by atoms with E-state index in [0.717, 1.165) is 16.9 Å². The normalized spacial score (nSPS) is 16.8. The molecule has 13 nitrogen and oxygen atoms in total. The maximum absolute atomic E-state index is 13.6. The van der Waals surface area contributed by atoms with Gasteiger partial charge in [0, 0.05) is 24.7 Å². The number of aliphatic imine (C=N–C) groups is 1. The number of hydrogen-bond acceptors (Lipinski definition) is 9. The first-order valence-electron chi connectivity index (χ1n) is 12.4. The van der Waals surface area contributed by atoms with E-state index in [1.54, 1.807) is 7.05 Å². The summed E-state index contributed by atoms with van der Waals surface area (Å²) in [5.41, 5.74) is 9.04. The van der Waals surface area contributed by atoms with E-state index in [2.05, 4.69) is 20.8 Å². The van der Waals surface area contributed by atoms with Gasteiger partial charge in [-0.25, -0.2) is 10.0 Å². The molecule has 0 aliphatic carbocycles. The number of nitrogens with one attached hydrogen (secondary N) is 5. The van der Waals surface area contributed by atoms with Crippen LogP contribution >= 0.6 is 11.6 Å². The summed E-state index contributed by atoms with van der Waals surface area (Å²) in [6.07, 6.45) is 5.45. The highest BCUT2D eigenvalue weighted by atomic mass is 35.5. The van der Waals surface area contributed by atoms with Gasteiger partial charge in [-0.15, -0.1) is 0 Å². The molecule has 0 bridgehead atoms. The van der Waals surface area contributed by atoms with Gasteiger partial charge < -0.3 is 15.5 Å². The number of carbonyl (C=O) groups is 3. The molecule has 0 saturated carbocycles. The van der Waals surface area contributed by atoms with Crippen molar-refractivity contribution in [2.45, 2.75) is 12.5 Å². The Morgan fingerprint density at radius 2 is 1.93 bits per heavy atom. The molecule has 4 rings (SSSR count). The van der Waals surface area contributed by atoms with Crippen LogP contribution in [-0.2, 0) is 20.8 Å². The van der Waals surface area contributed by atoms with E-state index in [1.165, 1.54) is 46.4 Å². The minimum atomic E-state index is -1.05. The van der Waals surface area contributed by atoms with Crippen LogP contribution in [0.15, 0.2) is 82.8 Å². The zero-order valence-electron chi connectivity index (χ0n) is 22.0. The van der Waals surface area contributed by atoms with Gasteiger partial charge in [-0.05, 0) is 35.9 Å². The van der Waals surface area contributed by atoms with Crippen LogP contribution in [0.4, 0.5) is 11.4 Å². The average molecular weight is 575 g/mol. The number of nitrogens with zero attached hydrogens (tertiary/aromatic N) is 5. The van der Waals surface area contributed by atoms with Gasteiger partial charge in [0.25, 0.3) is 0 Å². The van der Waals surface area contributed by atoms with Crippen molar-refractivity contribution in [2.24, 2.45) is 10.2 Å². The van der Waals surface area contributed by atoms with Crippen molar-refractivity contribution in [3.63, 3.8) is 0 Å². The fraction of sp³-hybridized carbons (Fsp3) is 0.185. The number of amidine groups is 1. The number of hydrogen-bond donors (Lipinski definition) is 5. The minimum Gasteiger partial charge on any atom is -0.392 e. The number of allylic oxidation sites excluding steroid dienone is 1. The number of piperazine rings is 1. The van der Waals surface area contributed by atoms with Crippen LogP contribution in [0.2, 0.25) is 5.02 Å². The van der Waals surface area contributed by atoms with Crippen LogP contribution in [-0.4, -0.2) is 66.7 Å². The molecule has 2 heterocycles. The molecule has 5 N–H and O–H groups in total. The monoisotopic (exact) mass is 574 g/mol. The molecule has 2 aliphatic rings. The average Bonchev–Trinajstić information content (AvgIpc) is 2.96. The summed E-state index contributed by atoms with van der Waals surface area (Å²) in [4.78, 5) is 47.4. The standard InChI is InChI=1S/C27H27ClN10O3/c1-32-13-20-19(30)8-10-24(33-20)34-27(41)23(11-17-5-3-2-4-6-17)37-15-25(39)36(14-26(37)40)22-12-18(28)7-9-21(22)38(16-29)35-31/h2-10,12-13,16,23,29-32H,11,14-15H2,1H3,(H,33,34,41)/b20-13+,29-16?,30-19?,35-31?. The van der Waals surface area contributed by atoms with E-state index in [-0.39, 0.29) is 34.4 Å². The molecule has 1 unspecified atom stereocenters. The number of dihydropyridines is 1. The number of rotatable bonds is 9. The highest BCUT2D eigenvalue weighted by Crippen LogP contribution is 2.33. The Hall–Kier alpha value is -5.17. The lowest BCUT2D eigenvalue weighted by atomic mass is 10.0.